The molecule has 1 aromatic carbocycles. The first-order chi connectivity index (χ1) is 14.6. The van der Waals surface area contributed by atoms with Gasteiger partial charge in [-0.25, -0.2) is 8.42 Å². The summed E-state index contributed by atoms with van der Waals surface area (Å²) in [5.74, 6) is 1.38. The third kappa shape index (κ3) is 4.69. The van der Waals surface area contributed by atoms with Crippen molar-refractivity contribution in [3.8, 4) is 5.75 Å². The van der Waals surface area contributed by atoms with E-state index in [2.05, 4.69) is 5.32 Å². The van der Waals surface area contributed by atoms with Gasteiger partial charge in [0.1, 0.15) is 22.2 Å². The van der Waals surface area contributed by atoms with Gasteiger partial charge in [0.25, 0.3) is 0 Å². The van der Waals surface area contributed by atoms with Crippen molar-refractivity contribution in [1.82, 2.24) is 4.57 Å². The van der Waals surface area contributed by atoms with Crippen LogP contribution in [0.2, 0.25) is 0 Å². The molecule has 0 atom stereocenters. The number of carbonyl (C=O) groups is 1. The summed E-state index contributed by atoms with van der Waals surface area (Å²) < 4.78 is 39.6. The van der Waals surface area contributed by atoms with Crippen molar-refractivity contribution < 1.29 is 22.4 Å². The SMILES string of the molecule is COc1ccc(S(=O)(=O)c2c(C)c(C)n(Cc3ccco3)c2NC(=O)CC(C)C)cc1. The van der Waals surface area contributed by atoms with E-state index in [1.165, 1.54) is 19.2 Å². The minimum absolute atomic E-state index is 0.0961. The van der Waals surface area contributed by atoms with E-state index < -0.39 is 9.84 Å². The number of nitrogens with one attached hydrogen (secondary N) is 1. The molecular weight excluding hydrogens is 416 g/mol. The smallest absolute Gasteiger partial charge is 0.225 e. The van der Waals surface area contributed by atoms with Crippen molar-refractivity contribution in [1.29, 1.82) is 0 Å². The number of aromatic nitrogens is 1. The molecule has 8 heteroatoms. The fourth-order valence-corrected chi connectivity index (χ4v) is 5.17. The third-order valence-electron chi connectivity index (χ3n) is 5.16. The molecule has 0 spiro atoms. The number of amides is 1. The quantitative estimate of drug-likeness (QED) is 0.549. The van der Waals surface area contributed by atoms with E-state index in [0.717, 1.165) is 5.69 Å². The van der Waals surface area contributed by atoms with Crippen molar-refractivity contribution >= 4 is 21.6 Å². The summed E-state index contributed by atoms with van der Waals surface area (Å²) in [7, 11) is -2.38. The molecule has 0 saturated carbocycles. The molecule has 1 N–H and O–H groups in total. The molecule has 0 fully saturated rings. The van der Waals surface area contributed by atoms with Crippen LogP contribution >= 0.6 is 0 Å². The summed E-state index contributed by atoms with van der Waals surface area (Å²) >= 11 is 0. The van der Waals surface area contributed by atoms with Crippen LogP contribution in [0.5, 0.6) is 5.75 Å². The molecule has 3 aromatic rings. The highest BCUT2D eigenvalue weighted by Crippen LogP contribution is 2.36. The van der Waals surface area contributed by atoms with Crippen molar-refractivity contribution in [3.05, 3.63) is 59.7 Å². The Bertz CT molecular complexity index is 1160. The maximum Gasteiger partial charge on any atom is 0.225 e. The van der Waals surface area contributed by atoms with E-state index in [4.69, 9.17) is 9.15 Å². The molecule has 31 heavy (non-hydrogen) atoms. The Morgan fingerprint density at radius 3 is 2.39 bits per heavy atom. The standard InChI is InChI=1S/C23H28N2O5S/c1-15(2)13-21(26)24-23-22(31(27,28)20-10-8-18(29-5)9-11-20)16(3)17(4)25(23)14-19-7-6-12-30-19/h6-12,15H,13-14H2,1-5H3,(H,24,26). The van der Waals surface area contributed by atoms with Gasteiger partial charge in [-0.15, -0.1) is 0 Å². The lowest BCUT2D eigenvalue weighted by Gasteiger charge is -2.14. The number of methoxy groups -OCH3 is 1. The van der Waals surface area contributed by atoms with Crippen LogP contribution in [0, 0.1) is 19.8 Å². The largest absolute Gasteiger partial charge is 0.497 e. The summed E-state index contributed by atoms with van der Waals surface area (Å²) in [6.07, 6.45) is 1.85. The Labute approximate surface area is 182 Å². The number of carbonyl (C=O) groups excluding carboxylic acids is 1. The first kappa shape index (κ1) is 22.7. The highest BCUT2D eigenvalue weighted by atomic mass is 32.2. The number of hydrogen-bond donors (Lipinski definition) is 1. The maximum atomic E-state index is 13.6. The van der Waals surface area contributed by atoms with Crippen LogP contribution in [0.15, 0.2) is 56.9 Å². The van der Waals surface area contributed by atoms with Crippen molar-refractivity contribution in [3.63, 3.8) is 0 Å². The second-order valence-electron chi connectivity index (χ2n) is 7.88. The lowest BCUT2D eigenvalue weighted by molar-refractivity contribution is -0.116. The van der Waals surface area contributed by atoms with Gasteiger partial charge >= 0.3 is 0 Å². The predicted octanol–water partition coefficient (Wildman–Crippen LogP) is 4.57. The molecule has 0 bridgehead atoms. The topological polar surface area (TPSA) is 90.5 Å². The first-order valence-electron chi connectivity index (χ1n) is 10.1. The van der Waals surface area contributed by atoms with E-state index in [0.29, 0.717) is 23.6 Å². The lowest BCUT2D eigenvalue weighted by atomic mass is 10.1. The first-order valence-corrected chi connectivity index (χ1v) is 11.5. The lowest BCUT2D eigenvalue weighted by Crippen LogP contribution is -2.19. The second-order valence-corrected chi connectivity index (χ2v) is 9.77. The fraction of sp³-hybridized carbons (Fsp3) is 0.348. The Morgan fingerprint density at radius 2 is 1.84 bits per heavy atom. The molecule has 7 nitrogen and oxygen atoms in total. The van der Waals surface area contributed by atoms with Crippen molar-refractivity contribution in [2.24, 2.45) is 5.92 Å². The molecule has 0 aliphatic rings. The number of rotatable bonds is 8. The van der Waals surface area contributed by atoms with Crippen LogP contribution in [-0.4, -0.2) is 26.0 Å². The van der Waals surface area contributed by atoms with E-state index >= 15 is 0 Å². The molecule has 0 aliphatic carbocycles. The highest BCUT2D eigenvalue weighted by molar-refractivity contribution is 7.91. The summed E-state index contributed by atoms with van der Waals surface area (Å²) in [6, 6.07) is 9.80. The van der Waals surface area contributed by atoms with Gasteiger partial charge in [0, 0.05) is 12.1 Å². The highest BCUT2D eigenvalue weighted by Gasteiger charge is 2.31. The van der Waals surface area contributed by atoms with E-state index in [1.54, 1.807) is 36.0 Å². The Morgan fingerprint density at radius 1 is 1.16 bits per heavy atom. The van der Waals surface area contributed by atoms with Gasteiger partial charge < -0.3 is 19.0 Å². The molecule has 166 valence electrons. The zero-order valence-corrected chi connectivity index (χ0v) is 19.2. The third-order valence-corrected chi connectivity index (χ3v) is 7.09. The van der Waals surface area contributed by atoms with Gasteiger partial charge in [-0.1, -0.05) is 13.8 Å². The summed E-state index contributed by atoms with van der Waals surface area (Å²) in [5, 5.41) is 2.86. The van der Waals surface area contributed by atoms with Crippen LogP contribution < -0.4 is 10.1 Å². The molecular formula is C23H28N2O5S. The van der Waals surface area contributed by atoms with Crippen molar-refractivity contribution in [2.45, 2.75) is 50.5 Å². The number of anilines is 1. The van der Waals surface area contributed by atoms with Gasteiger partial charge in [0.15, 0.2) is 0 Å². The fourth-order valence-electron chi connectivity index (χ4n) is 3.47. The van der Waals surface area contributed by atoms with Crippen molar-refractivity contribution in [2.75, 3.05) is 12.4 Å². The maximum absolute atomic E-state index is 13.6. The van der Waals surface area contributed by atoms with E-state index in [-0.39, 0.29) is 33.9 Å². The van der Waals surface area contributed by atoms with Gasteiger partial charge in [0.05, 0.1) is 24.8 Å². The summed E-state index contributed by atoms with van der Waals surface area (Å²) in [5.41, 5.74) is 1.32. The molecule has 0 unspecified atom stereocenters. The van der Waals surface area contributed by atoms with Crippen LogP contribution in [0.3, 0.4) is 0 Å². The van der Waals surface area contributed by atoms with Crippen LogP contribution in [0.25, 0.3) is 0 Å². The normalized spacial score (nSPS) is 11.7. The zero-order valence-electron chi connectivity index (χ0n) is 18.4. The predicted molar refractivity (Wildman–Crippen MR) is 118 cm³/mol. The van der Waals surface area contributed by atoms with Gasteiger partial charge in [-0.2, -0.15) is 0 Å². The molecule has 2 heterocycles. The van der Waals surface area contributed by atoms with E-state index in [9.17, 15) is 13.2 Å². The van der Waals surface area contributed by atoms with E-state index in [1.807, 2.05) is 26.8 Å². The number of furan rings is 1. The van der Waals surface area contributed by atoms with Gasteiger partial charge in [-0.05, 0) is 61.7 Å². The number of sulfone groups is 1. The molecule has 2 aromatic heterocycles. The Hall–Kier alpha value is -3.00. The minimum atomic E-state index is -3.90. The Kier molecular flexibility index (Phi) is 6.59. The minimum Gasteiger partial charge on any atom is -0.497 e. The van der Waals surface area contributed by atoms with Crippen LogP contribution in [0.4, 0.5) is 5.82 Å². The molecule has 0 radical (unpaired) electrons. The number of ether oxygens (including phenoxy) is 1. The average molecular weight is 445 g/mol. The average Bonchev–Trinajstić information content (AvgIpc) is 3.30. The summed E-state index contributed by atoms with van der Waals surface area (Å²) in [6.45, 7) is 7.76. The van der Waals surface area contributed by atoms with Gasteiger partial charge in [0.2, 0.25) is 15.7 Å². The molecule has 0 saturated heterocycles. The monoisotopic (exact) mass is 444 g/mol. The number of benzene rings is 1. The molecule has 3 rings (SSSR count). The Balaban J connectivity index is 2.16. The van der Waals surface area contributed by atoms with Crippen LogP contribution in [-0.2, 0) is 21.2 Å². The number of nitrogens with zero attached hydrogens (tertiary/aromatic N) is 1. The number of hydrogen-bond acceptors (Lipinski definition) is 5. The molecule has 1 amide bonds. The second kappa shape index (κ2) is 9.01. The summed E-state index contributed by atoms with van der Waals surface area (Å²) in [4.78, 5) is 12.9. The molecule has 0 aliphatic heterocycles. The van der Waals surface area contributed by atoms with Gasteiger partial charge in [-0.3, -0.25) is 4.79 Å². The zero-order chi connectivity index (χ0) is 22.8. The van der Waals surface area contributed by atoms with Crippen LogP contribution in [0.1, 0.15) is 37.3 Å².